The predicted molar refractivity (Wildman–Crippen MR) is 107 cm³/mol. The fraction of sp³-hybridized carbons (Fsp3) is 0.136. The van der Waals surface area contributed by atoms with Crippen LogP contribution in [0.2, 0.25) is 0 Å². The van der Waals surface area contributed by atoms with Gasteiger partial charge in [0.1, 0.15) is 17.9 Å². The summed E-state index contributed by atoms with van der Waals surface area (Å²) >= 11 is 0. The van der Waals surface area contributed by atoms with E-state index < -0.39 is 35.7 Å². The van der Waals surface area contributed by atoms with Crippen molar-refractivity contribution in [2.24, 2.45) is 0 Å². The van der Waals surface area contributed by atoms with E-state index in [1.165, 1.54) is 24.3 Å². The van der Waals surface area contributed by atoms with E-state index in [4.69, 9.17) is 0 Å². The minimum Gasteiger partial charge on any atom is -0.325 e. The van der Waals surface area contributed by atoms with Crippen LogP contribution in [0.4, 0.5) is 14.9 Å². The van der Waals surface area contributed by atoms with E-state index >= 15 is 0 Å². The maximum atomic E-state index is 13.1. The van der Waals surface area contributed by atoms with Gasteiger partial charge in [-0.1, -0.05) is 42.5 Å². The monoisotopic (exact) mass is 391 g/mol. The van der Waals surface area contributed by atoms with E-state index in [0.29, 0.717) is 11.3 Å². The zero-order valence-electron chi connectivity index (χ0n) is 15.6. The van der Waals surface area contributed by atoms with Crippen molar-refractivity contribution >= 4 is 34.3 Å². The van der Waals surface area contributed by atoms with Gasteiger partial charge in [-0.3, -0.25) is 14.5 Å². The first-order chi connectivity index (χ1) is 13.9. The van der Waals surface area contributed by atoms with Gasteiger partial charge in [-0.05, 0) is 47.5 Å². The van der Waals surface area contributed by atoms with Gasteiger partial charge in [-0.15, -0.1) is 0 Å². The highest BCUT2D eigenvalue weighted by atomic mass is 19.1. The van der Waals surface area contributed by atoms with Crippen molar-refractivity contribution < 1.29 is 18.8 Å². The molecule has 7 heteroatoms. The molecular formula is C22H18FN3O3. The Hall–Kier alpha value is -3.74. The summed E-state index contributed by atoms with van der Waals surface area (Å²) in [6.45, 7) is 1.19. The van der Waals surface area contributed by atoms with Crippen LogP contribution < -0.4 is 10.6 Å². The van der Waals surface area contributed by atoms with Crippen LogP contribution in [-0.2, 0) is 15.1 Å². The van der Waals surface area contributed by atoms with Gasteiger partial charge in [0.25, 0.3) is 5.91 Å². The molecular weight excluding hydrogens is 373 g/mol. The highest BCUT2D eigenvalue weighted by Gasteiger charge is 2.50. The maximum Gasteiger partial charge on any atom is 0.325 e. The van der Waals surface area contributed by atoms with Gasteiger partial charge in [0, 0.05) is 5.69 Å². The number of nitrogens with zero attached hydrogens (tertiary/aromatic N) is 1. The normalized spacial score (nSPS) is 18.8. The van der Waals surface area contributed by atoms with Gasteiger partial charge >= 0.3 is 6.03 Å². The van der Waals surface area contributed by atoms with Crippen LogP contribution in [0.5, 0.6) is 0 Å². The molecule has 1 aliphatic heterocycles. The molecule has 1 aliphatic rings. The van der Waals surface area contributed by atoms with Crippen molar-refractivity contribution in [3.63, 3.8) is 0 Å². The van der Waals surface area contributed by atoms with Crippen LogP contribution in [-0.4, -0.2) is 29.3 Å². The summed E-state index contributed by atoms with van der Waals surface area (Å²) in [7, 11) is 0. The highest BCUT2D eigenvalue weighted by molar-refractivity contribution is 6.11. The number of anilines is 1. The second kappa shape index (κ2) is 7.01. The molecule has 3 aromatic carbocycles. The second-order valence-corrected chi connectivity index (χ2v) is 7.03. The van der Waals surface area contributed by atoms with E-state index in [1.54, 1.807) is 13.0 Å². The lowest BCUT2D eigenvalue weighted by Crippen LogP contribution is -2.42. The third kappa shape index (κ3) is 3.31. The summed E-state index contributed by atoms with van der Waals surface area (Å²) in [5.74, 6) is -1.49. The number of hydrogen-bond donors (Lipinski definition) is 2. The molecule has 1 heterocycles. The Morgan fingerprint density at radius 1 is 1.03 bits per heavy atom. The third-order valence-electron chi connectivity index (χ3n) is 5.03. The zero-order valence-corrected chi connectivity index (χ0v) is 15.6. The standard InChI is InChI=1S/C22H18FN3O3/c1-22(18-8-4-6-14-5-2-3-7-17(14)18)20(28)26(21(29)25-22)13-19(27)24-16-11-9-15(23)10-12-16/h2-12H,13H2,1H3,(H,24,27)(H,25,29). The first-order valence-electron chi connectivity index (χ1n) is 9.06. The van der Waals surface area contributed by atoms with Gasteiger partial charge in [0.05, 0.1) is 0 Å². The number of amides is 4. The lowest BCUT2D eigenvalue weighted by atomic mass is 9.88. The molecule has 29 heavy (non-hydrogen) atoms. The van der Waals surface area contributed by atoms with Crippen molar-refractivity contribution in [2.75, 3.05) is 11.9 Å². The van der Waals surface area contributed by atoms with Crippen LogP contribution in [0.3, 0.4) is 0 Å². The summed E-state index contributed by atoms with van der Waals surface area (Å²) < 4.78 is 13.0. The Bertz CT molecular complexity index is 1120. The van der Waals surface area contributed by atoms with Crippen molar-refractivity contribution in [1.29, 1.82) is 0 Å². The van der Waals surface area contributed by atoms with Crippen LogP contribution in [0, 0.1) is 5.82 Å². The van der Waals surface area contributed by atoms with E-state index in [0.717, 1.165) is 15.7 Å². The van der Waals surface area contributed by atoms with Gasteiger partial charge < -0.3 is 10.6 Å². The van der Waals surface area contributed by atoms with Gasteiger partial charge in [0.2, 0.25) is 5.91 Å². The summed E-state index contributed by atoms with van der Waals surface area (Å²) in [5.41, 5.74) is -0.246. The molecule has 0 bridgehead atoms. The number of halogens is 1. The number of nitrogens with one attached hydrogen (secondary N) is 2. The van der Waals surface area contributed by atoms with E-state index in [-0.39, 0.29) is 0 Å². The first-order valence-corrected chi connectivity index (χ1v) is 9.06. The van der Waals surface area contributed by atoms with Crippen LogP contribution >= 0.6 is 0 Å². The van der Waals surface area contributed by atoms with Gasteiger partial charge in [0.15, 0.2) is 0 Å². The molecule has 3 aromatic rings. The summed E-state index contributed by atoms with van der Waals surface area (Å²) in [6, 6.07) is 17.7. The molecule has 2 N–H and O–H groups in total. The number of rotatable bonds is 4. The van der Waals surface area contributed by atoms with Crippen molar-refractivity contribution in [3.8, 4) is 0 Å². The SMILES string of the molecule is CC1(c2cccc3ccccc23)NC(=O)N(CC(=O)Nc2ccc(F)cc2)C1=O. The maximum absolute atomic E-state index is 13.1. The van der Waals surface area contributed by atoms with Crippen molar-refractivity contribution in [2.45, 2.75) is 12.5 Å². The Morgan fingerprint density at radius 3 is 2.48 bits per heavy atom. The number of hydrogen-bond acceptors (Lipinski definition) is 3. The third-order valence-corrected chi connectivity index (χ3v) is 5.03. The molecule has 1 atom stereocenters. The fourth-order valence-corrected chi connectivity index (χ4v) is 3.56. The second-order valence-electron chi connectivity index (χ2n) is 7.03. The quantitative estimate of drug-likeness (QED) is 0.669. The van der Waals surface area contributed by atoms with Crippen LogP contribution in [0.1, 0.15) is 12.5 Å². The van der Waals surface area contributed by atoms with Crippen molar-refractivity contribution in [3.05, 3.63) is 78.1 Å². The molecule has 0 radical (unpaired) electrons. The van der Waals surface area contributed by atoms with E-state index in [1.807, 2.05) is 36.4 Å². The fourth-order valence-electron chi connectivity index (χ4n) is 3.56. The molecule has 4 rings (SSSR count). The summed E-state index contributed by atoms with van der Waals surface area (Å²) in [5, 5.41) is 7.07. The molecule has 0 spiro atoms. The molecule has 0 aromatic heterocycles. The number of imide groups is 1. The first kappa shape index (κ1) is 18.6. The molecule has 1 fully saturated rings. The molecule has 146 valence electrons. The molecule has 1 unspecified atom stereocenters. The van der Waals surface area contributed by atoms with E-state index in [2.05, 4.69) is 10.6 Å². The average molecular weight is 391 g/mol. The lowest BCUT2D eigenvalue weighted by molar-refractivity contribution is -0.133. The Morgan fingerprint density at radius 2 is 1.72 bits per heavy atom. The predicted octanol–water partition coefficient (Wildman–Crippen LogP) is 3.38. The lowest BCUT2D eigenvalue weighted by Gasteiger charge is -2.24. The van der Waals surface area contributed by atoms with E-state index in [9.17, 15) is 18.8 Å². The number of fused-ring (bicyclic) bond motifs is 1. The molecule has 0 aliphatic carbocycles. The van der Waals surface area contributed by atoms with Crippen molar-refractivity contribution in [1.82, 2.24) is 10.2 Å². The Kier molecular flexibility index (Phi) is 4.50. The summed E-state index contributed by atoms with van der Waals surface area (Å²) in [4.78, 5) is 38.8. The number of benzene rings is 3. The molecule has 4 amide bonds. The number of carbonyl (C=O) groups is 3. The summed E-state index contributed by atoms with van der Waals surface area (Å²) in [6.07, 6.45) is 0. The van der Waals surface area contributed by atoms with Gasteiger partial charge in [-0.2, -0.15) is 0 Å². The van der Waals surface area contributed by atoms with Crippen LogP contribution in [0.15, 0.2) is 66.7 Å². The highest BCUT2D eigenvalue weighted by Crippen LogP contribution is 2.33. The van der Waals surface area contributed by atoms with Gasteiger partial charge in [-0.25, -0.2) is 9.18 Å². The minimum absolute atomic E-state index is 0.375. The molecule has 0 saturated carbocycles. The minimum atomic E-state index is -1.28. The van der Waals surface area contributed by atoms with Crippen LogP contribution in [0.25, 0.3) is 10.8 Å². The number of urea groups is 1. The zero-order chi connectivity index (χ0) is 20.6. The smallest absolute Gasteiger partial charge is 0.325 e. The largest absolute Gasteiger partial charge is 0.325 e. The Balaban J connectivity index is 1.58. The Labute approximate surface area is 166 Å². The average Bonchev–Trinajstić information content (AvgIpc) is 2.93. The molecule has 1 saturated heterocycles. The number of carbonyl (C=O) groups excluding carboxylic acids is 3. The topological polar surface area (TPSA) is 78.5 Å². The molecule has 6 nitrogen and oxygen atoms in total.